The molecule has 0 radical (unpaired) electrons. The van der Waals surface area contributed by atoms with Crippen LogP contribution in [0.2, 0.25) is 0 Å². The van der Waals surface area contributed by atoms with E-state index in [1.165, 1.54) is 11.5 Å². The number of aldehydes is 1. The molecule has 21 heavy (non-hydrogen) atoms. The smallest absolute Gasteiger partial charge is 0.301 e. The standard InChI is InChI=1S/C13H11F3N2O3/c14-13(15,16)12(21)17-18(8-9-19)11(20)7-6-10-4-2-1-3-5-10/h1-7,9H,8H2,(H,17,21). The van der Waals surface area contributed by atoms with E-state index in [0.29, 0.717) is 5.56 Å². The number of carbonyl (C=O) groups excluding carboxylic acids is 3. The topological polar surface area (TPSA) is 66.5 Å². The van der Waals surface area contributed by atoms with Gasteiger partial charge in [0.2, 0.25) is 0 Å². The number of carbonyl (C=O) groups is 3. The van der Waals surface area contributed by atoms with Crippen molar-refractivity contribution in [3.63, 3.8) is 0 Å². The van der Waals surface area contributed by atoms with E-state index >= 15 is 0 Å². The van der Waals surface area contributed by atoms with Crippen LogP contribution in [0.4, 0.5) is 13.2 Å². The van der Waals surface area contributed by atoms with Crippen LogP contribution in [-0.4, -0.2) is 35.8 Å². The number of amides is 2. The predicted octanol–water partition coefficient (Wildman–Crippen LogP) is 1.32. The van der Waals surface area contributed by atoms with Gasteiger partial charge in [0.05, 0.1) is 6.54 Å². The molecule has 112 valence electrons. The van der Waals surface area contributed by atoms with Crippen molar-refractivity contribution >= 4 is 24.2 Å². The summed E-state index contributed by atoms with van der Waals surface area (Å²) in [4.78, 5) is 32.8. The number of halogens is 3. The number of alkyl halides is 3. The Labute approximate surface area is 118 Å². The lowest BCUT2D eigenvalue weighted by Gasteiger charge is -2.20. The highest BCUT2D eigenvalue weighted by Gasteiger charge is 2.40. The Morgan fingerprint density at radius 1 is 1.19 bits per heavy atom. The Kier molecular flexibility index (Phi) is 5.65. The Morgan fingerprint density at radius 3 is 2.33 bits per heavy atom. The maximum Gasteiger partial charge on any atom is 0.472 e. The molecule has 0 bridgehead atoms. The van der Waals surface area contributed by atoms with E-state index in [4.69, 9.17) is 0 Å². The SMILES string of the molecule is O=CCN(NC(=O)C(F)(F)F)C(=O)C=Cc1ccccc1. The first kappa shape index (κ1) is 16.4. The van der Waals surface area contributed by atoms with E-state index < -0.39 is 24.5 Å². The van der Waals surface area contributed by atoms with Gasteiger partial charge >= 0.3 is 12.1 Å². The molecule has 0 unspecified atom stereocenters. The summed E-state index contributed by atoms with van der Waals surface area (Å²) in [6.45, 7) is -0.695. The van der Waals surface area contributed by atoms with Crippen LogP contribution in [0, 0.1) is 0 Å². The molecule has 0 fully saturated rings. The summed E-state index contributed by atoms with van der Waals surface area (Å²) >= 11 is 0. The Morgan fingerprint density at radius 2 is 1.81 bits per heavy atom. The minimum absolute atomic E-state index is 0.199. The van der Waals surface area contributed by atoms with Gasteiger partial charge in [-0.05, 0) is 11.6 Å². The quantitative estimate of drug-likeness (QED) is 0.518. The van der Waals surface area contributed by atoms with Crippen LogP contribution >= 0.6 is 0 Å². The maximum atomic E-state index is 12.1. The zero-order valence-corrected chi connectivity index (χ0v) is 10.6. The fourth-order valence-electron chi connectivity index (χ4n) is 1.27. The number of benzene rings is 1. The van der Waals surface area contributed by atoms with Crippen LogP contribution in [0.15, 0.2) is 36.4 Å². The first-order valence-corrected chi connectivity index (χ1v) is 5.70. The van der Waals surface area contributed by atoms with Gasteiger partial charge in [-0.2, -0.15) is 13.2 Å². The molecule has 0 aliphatic rings. The van der Waals surface area contributed by atoms with E-state index in [0.717, 1.165) is 6.08 Å². The van der Waals surface area contributed by atoms with Crippen LogP contribution in [0.5, 0.6) is 0 Å². The van der Waals surface area contributed by atoms with Crippen LogP contribution in [0.25, 0.3) is 6.08 Å². The predicted molar refractivity (Wildman–Crippen MR) is 67.5 cm³/mol. The lowest BCUT2D eigenvalue weighted by atomic mass is 10.2. The third kappa shape index (κ3) is 5.47. The first-order chi connectivity index (χ1) is 9.84. The maximum absolute atomic E-state index is 12.1. The average Bonchev–Trinajstić information content (AvgIpc) is 2.44. The number of hydrogen-bond acceptors (Lipinski definition) is 3. The molecule has 5 nitrogen and oxygen atoms in total. The molecule has 0 aliphatic heterocycles. The highest BCUT2D eigenvalue weighted by molar-refractivity contribution is 5.94. The second-order valence-electron chi connectivity index (χ2n) is 3.80. The Bertz CT molecular complexity index is 541. The highest BCUT2D eigenvalue weighted by Crippen LogP contribution is 2.14. The minimum atomic E-state index is -5.15. The molecule has 0 aliphatic carbocycles. The molecule has 1 rings (SSSR count). The Hall–Kier alpha value is -2.64. The van der Waals surface area contributed by atoms with Gasteiger partial charge in [0.25, 0.3) is 5.91 Å². The van der Waals surface area contributed by atoms with Gasteiger partial charge in [-0.25, -0.2) is 5.01 Å². The molecule has 1 aromatic carbocycles. The molecule has 8 heteroatoms. The second kappa shape index (κ2) is 7.22. The molecular weight excluding hydrogens is 289 g/mol. The van der Waals surface area contributed by atoms with E-state index in [1.807, 2.05) is 0 Å². The molecule has 1 aromatic rings. The monoisotopic (exact) mass is 300 g/mol. The van der Waals surface area contributed by atoms with Crippen molar-refractivity contribution < 1.29 is 27.6 Å². The summed E-state index contributed by atoms with van der Waals surface area (Å²) < 4.78 is 36.3. The summed E-state index contributed by atoms with van der Waals surface area (Å²) in [7, 11) is 0. The third-order valence-corrected chi connectivity index (χ3v) is 2.24. The lowest BCUT2D eigenvalue weighted by Crippen LogP contribution is -2.51. The molecule has 0 saturated heterocycles. The zero-order valence-electron chi connectivity index (χ0n) is 10.6. The van der Waals surface area contributed by atoms with Crippen molar-refractivity contribution in [1.29, 1.82) is 0 Å². The molecule has 0 aromatic heterocycles. The van der Waals surface area contributed by atoms with Gasteiger partial charge in [-0.1, -0.05) is 30.3 Å². The lowest BCUT2D eigenvalue weighted by molar-refractivity contribution is -0.179. The molecule has 0 spiro atoms. The fraction of sp³-hybridized carbons (Fsp3) is 0.154. The molecule has 2 amide bonds. The molecular formula is C13H11F3N2O3. The number of rotatable bonds is 4. The van der Waals surface area contributed by atoms with E-state index in [9.17, 15) is 27.6 Å². The number of nitrogens with zero attached hydrogens (tertiary/aromatic N) is 1. The Balaban J connectivity index is 2.76. The largest absolute Gasteiger partial charge is 0.472 e. The molecule has 1 N–H and O–H groups in total. The van der Waals surface area contributed by atoms with Crippen molar-refractivity contribution in [3.8, 4) is 0 Å². The number of hydrazine groups is 1. The van der Waals surface area contributed by atoms with E-state index in [2.05, 4.69) is 0 Å². The first-order valence-electron chi connectivity index (χ1n) is 5.70. The van der Waals surface area contributed by atoms with Crippen LogP contribution in [0.3, 0.4) is 0 Å². The van der Waals surface area contributed by atoms with Crippen molar-refractivity contribution in [2.75, 3.05) is 6.54 Å². The highest BCUT2D eigenvalue weighted by atomic mass is 19.4. The number of nitrogens with one attached hydrogen (secondary N) is 1. The van der Waals surface area contributed by atoms with Gasteiger partial charge in [-0.3, -0.25) is 15.0 Å². The normalized spacial score (nSPS) is 11.2. The van der Waals surface area contributed by atoms with Gasteiger partial charge in [0.15, 0.2) is 0 Å². The zero-order chi connectivity index (χ0) is 15.9. The average molecular weight is 300 g/mol. The van der Waals surface area contributed by atoms with Gasteiger partial charge < -0.3 is 4.79 Å². The third-order valence-electron chi connectivity index (χ3n) is 2.24. The van der Waals surface area contributed by atoms with E-state index in [-0.39, 0.29) is 11.3 Å². The minimum Gasteiger partial charge on any atom is -0.301 e. The number of hydrogen-bond donors (Lipinski definition) is 1. The molecule has 0 atom stereocenters. The molecule has 0 heterocycles. The van der Waals surface area contributed by atoms with Gasteiger partial charge in [-0.15, -0.1) is 0 Å². The second-order valence-corrected chi connectivity index (χ2v) is 3.80. The summed E-state index contributed by atoms with van der Waals surface area (Å²) in [5.41, 5.74) is 1.97. The van der Waals surface area contributed by atoms with Gasteiger partial charge in [0.1, 0.15) is 6.29 Å². The van der Waals surface area contributed by atoms with Crippen molar-refractivity contribution in [3.05, 3.63) is 42.0 Å². The van der Waals surface area contributed by atoms with Crippen LogP contribution < -0.4 is 5.43 Å². The van der Waals surface area contributed by atoms with Crippen molar-refractivity contribution in [2.45, 2.75) is 6.18 Å². The summed E-state index contributed by atoms with van der Waals surface area (Å²) in [5, 5.41) is 0.280. The fourth-order valence-corrected chi connectivity index (χ4v) is 1.27. The molecule has 0 saturated carbocycles. The summed E-state index contributed by atoms with van der Waals surface area (Å²) in [6, 6.07) is 8.50. The van der Waals surface area contributed by atoms with Crippen LogP contribution in [0.1, 0.15) is 5.56 Å². The summed E-state index contributed by atoms with van der Waals surface area (Å²) in [6.07, 6.45) is -2.65. The van der Waals surface area contributed by atoms with Crippen molar-refractivity contribution in [2.24, 2.45) is 0 Å². The van der Waals surface area contributed by atoms with E-state index in [1.54, 1.807) is 30.3 Å². The van der Waals surface area contributed by atoms with Crippen molar-refractivity contribution in [1.82, 2.24) is 10.4 Å². The summed E-state index contributed by atoms with van der Waals surface area (Å²) in [5.74, 6) is -3.28. The van der Waals surface area contributed by atoms with Crippen LogP contribution in [-0.2, 0) is 14.4 Å². The van der Waals surface area contributed by atoms with Gasteiger partial charge in [0, 0.05) is 6.08 Å².